The normalized spacial score (nSPS) is 11.2. The molecule has 0 aliphatic rings. The second-order valence-corrected chi connectivity index (χ2v) is 10.1. The largest absolute Gasteiger partial charge is 0.472 e. The monoisotopic (exact) mass is 584 g/mol. The van der Waals surface area contributed by atoms with Crippen molar-refractivity contribution >= 4 is 11.6 Å². The average Bonchev–Trinajstić information content (AvgIpc) is 3.69. The van der Waals surface area contributed by atoms with Gasteiger partial charge in [0, 0.05) is 35.5 Å². The summed E-state index contributed by atoms with van der Waals surface area (Å²) in [5.41, 5.74) is 4.26. The summed E-state index contributed by atoms with van der Waals surface area (Å²) in [7, 11) is 1.52. The second-order valence-electron chi connectivity index (χ2n) is 9.64. The first-order valence-electron chi connectivity index (χ1n) is 12.9. The van der Waals surface area contributed by atoms with Crippen LogP contribution >= 0.6 is 11.6 Å². The van der Waals surface area contributed by atoms with Gasteiger partial charge in [-0.3, -0.25) is 0 Å². The van der Waals surface area contributed by atoms with Gasteiger partial charge in [-0.15, -0.1) is 5.10 Å². The van der Waals surface area contributed by atoms with Gasteiger partial charge in [-0.25, -0.2) is 14.3 Å². The molecular formula is C28H25ClN10O3. The van der Waals surface area contributed by atoms with Gasteiger partial charge in [0.2, 0.25) is 5.88 Å². The standard InChI is InChI=1S/C28H25ClN10O3/c1-18-6-4-8-24(38-27(40)35(3)31-33-38)22(18)16-37-28(41)39(34-32-37)25-9-5-7-19(2)23(25)17-42-26-14-15-36(30-26)21-12-10-20(29)11-13-21/h4-15H,16-17H2,1-3H3. The lowest BCUT2D eigenvalue weighted by molar-refractivity contribution is 0.290. The highest BCUT2D eigenvalue weighted by atomic mass is 35.5. The summed E-state index contributed by atoms with van der Waals surface area (Å²) in [6.07, 6.45) is 1.79. The first kappa shape index (κ1) is 26.9. The molecule has 0 aliphatic carbocycles. The number of nitrogens with zero attached hydrogens (tertiary/aromatic N) is 10. The molecule has 0 spiro atoms. The van der Waals surface area contributed by atoms with Crippen molar-refractivity contribution in [2.45, 2.75) is 27.0 Å². The molecule has 0 N–H and O–H groups in total. The summed E-state index contributed by atoms with van der Waals surface area (Å²) in [6, 6.07) is 20.1. The molecule has 212 valence electrons. The number of rotatable bonds is 8. The fourth-order valence-corrected chi connectivity index (χ4v) is 4.70. The van der Waals surface area contributed by atoms with E-state index in [1.165, 1.54) is 21.1 Å². The van der Waals surface area contributed by atoms with Crippen LogP contribution in [-0.2, 0) is 20.2 Å². The molecule has 6 aromatic rings. The molecule has 3 heterocycles. The number of halogens is 1. The Bertz CT molecular complexity index is 2020. The van der Waals surface area contributed by atoms with Crippen molar-refractivity contribution in [2.24, 2.45) is 7.05 Å². The van der Waals surface area contributed by atoms with Crippen molar-refractivity contribution in [1.82, 2.24) is 49.4 Å². The van der Waals surface area contributed by atoms with Gasteiger partial charge < -0.3 is 4.74 Å². The van der Waals surface area contributed by atoms with Crippen LogP contribution in [0.3, 0.4) is 0 Å². The molecule has 0 bridgehead atoms. The minimum absolute atomic E-state index is 0.0731. The molecule has 0 fully saturated rings. The van der Waals surface area contributed by atoms with E-state index in [0.717, 1.165) is 27.1 Å². The molecule has 14 heteroatoms. The maximum Gasteiger partial charge on any atom is 0.368 e. The molecule has 0 radical (unpaired) electrons. The first-order chi connectivity index (χ1) is 20.3. The number of benzene rings is 3. The lowest BCUT2D eigenvalue weighted by atomic mass is 10.1. The van der Waals surface area contributed by atoms with Gasteiger partial charge >= 0.3 is 11.4 Å². The van der Waals surface area contributed by atoms with Crippen LogP contribution in [0.15, 0.2) is 82.5 Å². The van der Waals surface area contributed by atoms with Gasteiger partial charge in [0.1, 0.15) is 6.61 Å². The van der Waals surface area contributed by atoms with Crippen LogP contribution in [0, 0.1) is 13.8 Å². The Balaban J connectivity index is 1.28. The molecule has 3 aromatic heterocycles. The van der Waals surface area contributed by atoms with E-state index in [-0.39, 0.29) is 13.2 Å². The summed E-state index contributed by atoms with van der Waals surface area (Å²) in [5.74, 6) is 0.418. The van der Waals surface area contributed by atoms with Gasteiger partial charge in [-0.1, -0.05) is 35.9 Å². The molecule has 0 amide bonds. The van der Waals surface area contributed by atoms with E-state index in [2.05, 4.69) is 26.0 Å². The molecule has 6 rings (SSSR count). The molecule has 0 aliphatic heterocycles. The Morgan fingerprint density at radius 3 is 2.10 bits per heavy atom. The zero-order valence-electron chi connectivity index (χ0n) is 22.9. The molecule has 0 unspecified atom stereocenters. The Morgan fingerprint density at radius 1 is 0.762 bits per heavy atom. The molecule has 42 heavy (non-hydrogen) atoms. The van der Waals surface area contributed by atoms with Crippen LogP contribution in [0.2, 0.25) is 5.02 Å². The van der Waals surface area contributed by atoms with Crippen LogP contribution in [0.5, 0.6) is 5.88 Å². The zero-order chi connectivity index (χ0) is 29.4. The molecule has 0 saturated carbocycles. The average molecular weight is 585 g/mol. The van der Waals surface area contributed by atoms with Crippen LogP contribution in [-0.4, -0.2) is 49.4 Å². The topological polar surface area (TPSA) is 132 Å². The number of hydrogen-bond acceptors (Lipinski definition) is 8. The summed E-state index contributed by atoms with van der Waals surface area (Å²) < 4.78 is 12.5. The van der Waals surface area contributed by atoms with Crippen molar-refractivity contribution in [3.8, 4) is 22.9 Å². The maximum absolute atomic E-state index is 13.6. The summed E-state index contributed by atoms with van der Waals surface area (Å²) in [4.78, 5) is 26.1. The summed E-state index contributed by atoms with van der Waals surface area (Å²) in [5, 5.41) is 21.2. The smallest absolute Gasteiger partial charge is 0.368 e. The summed E-state index contributed by atoms with van der Waals surface area (Å²) >= 11 is 5.99. The van der Waals surface area contributed by atoms with Crippen molar-refractivity contribution in [3.05, 3.63) is 121 Å². The SMILES string of the molecule is Cc1cccc(-n2nnn(C)c2=O)c1Cn1nnn(-c2cccc(C)c2COc2ccn(-c3ccc(Cl)cc3)n2)c1=O. The zero-order valence-corrected chi connectivity index (χ0v) is 23.7. The Morgan fingerprint density at radius 2 is 1.40 bits per heavy atom. The summed E-state index contributed by atoms with van der Waals surface area (Å²) in [6.45, 7) is 4.04. The third-order valence-corrected chi connectivity index (χ3v) is 7.17. The molecule has 13 nitrogen and oxygen atoms in total. The van der Waals surface area contributed by atoms with Gasteiger partial charge in [-0.05, 0) is 82.2 Å². The highest BCUT2D eigenvalue weighted by molar-refractivity contribution is 6.30. The van der Waals surface area contributed by atoms with Crippen molar-refractivity contribution in [1.29, 1.82) is 0 Å². The molecular weight excluding hydrogens is 560 g/mol. The van der Waals surface area contributed by atoms with Crippen LogP contribution in [0.1, 0.15) is 22.3 Å². The molecule has 0 saturated heterocycles. The van der Waals surface area contributed by atoms with Gasteiger partial charge in [0.05, 0.1) is 23.6 Å². The van der Waals surface area contributed by atoms with E-state index in [9.17, 15) is 9.59 Å². The van der Waals surface area contributed by atoms with E-state index in [0.29, 0.717) is 27.8 Å². The lowest BCUT2D eigenvalue weighted by Gasteiger charge is -2.12. The maximum atomic E-state index is 13.6. The third kappa shape index (κ3) is 5.01. The van der Waals surface area contributed by atoms with E-state index in [4.69, 9.17) is 16.3 Å². The Kier molecular flexibility index (Phi) is 7.00. The van der Waals surface area contributed by atoms with E-state index in [1.807, 2.05) is 50.2 Å². The third-order valence-electron chi connectivity index (χ3n) is 6.92. The molecule has 3 aromatic carbocycles. The van der Waals surface area contributed by atoms with Crippen LogP contribution < -0.4 is 16.1 Å². The van der Waals surface area contributed by atoms with E-state index < -0.39 is 11.4 Å². The second kappa shape index (κ2) is 10.9. The molecule has 0 atom stereocenters. The number of tetrazole rings is 2. The fourth-order valence-electron chi connectivity index (χ4n) is 4.57. The quantitative estimate of drug-likeness (QED) is 0.267. The Hall–Kier alpha value is -5.30. The number of ether oxygens (including phenoxy) is 1. The number of hydrogen-bond donors (Lipinski definition) is 0. The van der Waals surface area contributed by atoms with E-state index >= 15 is 0 Å². The van der Waals surface area contributed by atoms with Gasteiger partial charge in [0.25, 0.3) is 0 Å². The van der Waals surface area contributed by atoms with E-state index in [1.54, 1.807) is 41.2 Å². The van der Waals surface area contributed by atoms with Gasteiger partial charge in [-0.2, -0.15) is 18.7 Å². The predicted molar refractivity (Wildman–Crippen MR) is 154 cm³/mol. The van der Waals surface area contributed by atoms with Crippen LogP contribution in [0.4, 0.5) is 0 Å². The van der Waals surface area contributed by atoms with Crippen molar-refractivity contribution in [3.63, 3.8) is 0 Å². The number of aryl methyl sites for hydroxylation is 3. The van der Waals surface area contributed by atoms with Crippen LogP contribution in [0.25, 0.3) is 17.1 Å². The minimum atomic E-state index is -0.449. The first-order valence-corrected chi connectivity index (χ1v) is 13.3. The Labute approximate surface area is 243 Å². The highest BCUT2D eigenvalue weighted by Gasteiger charge is 2.19. The van der Waals surface area contributed by atoms with Crippen molar-refractivity contribution in [2.75, 3.05) is 0 Å². The van der Waals surface area contributed by atoms with Crippen molar-refractivity contribution < 1.29 is 4.74 Å². The number of aromatic nitrogens is 10. The lowest BCUT2D eigenvalue weighted by Crippen LogP contribution is -2.27. The highest BCUT2D eigenvalue weighted by Crippen LogP contribution is 2.21. The minimum Gasteiger partial charge on any atom is -0.472 e. The fraction of sp³-hybridized carbons (Fsp3) is 0.179. The predicted octanol–water partition coefficient (Wildman–Crippen LogP) is 2.79. The van der Waals surface area contributed by atoms with Gasteiger partial charge in [0.15, 0.2) is 0 Å².